The highest BCUT2D eigenvalue weighted by atomic mass is 16.4. The molecule has 2 fully saturated rings. The maximum atomic E-state index is 12.4. The standard InChI is InChI=1S/C16H25N5O3/c1-11-9-14(19-18-11)20-7-4-13(5-8-20)17-16(24)21-6-2-3-12(10-21)15(22)23/h9,12-13H,2-8,10H2,1H3,(H,17,24)(H,18,19)(H,22,23). The Morgan fingerprint density at radius 1 is 1.29 bits per heavy atom. The van der Waals surface area contributed by atoms with Crippen molar-refractivity contribution in [3.8, 4) is 0 Å². The zero-order valence-corrected chi connectivity index (χ0v) is 14.0. The number of amides is 2. The lowest BCUT2D eigenvalue weighted by molar-refractivity contribution is -0.143. The number of piperidine rings is 2. The quantitative estimate of drug-likeness (QED) is 0.770. The van der Waals surface area contributed by atoms with Gasteiger partial charge in [-0.3, -0.25) is 9.89 Å². The van der Waals surface area contributed by atoms with Crippen molar-refractivity contribution in [2.75, 3.05) is 31.1 Å². The molecule has 1 aromatic rings. The number of hydrogen-bond acceptors (Lipinski definition) is 4. The molecule has 1 aromatic heterocycles. The lowest BCUT2D eigenvalue weighted by Gasteiger charge is -2.35. The Labute approximate surface area is 141 Å². The molecule has 0 bridgehead atoms. The molecule has 8 nitrogen and oxygen atoms in total. The predicted molar refractivity (Wildman–Crippen MR) is 89.0 cm³/mol. The van der Waals surface area contributed by atoms with Crippen molar-refractivity contribution in [3.05, 3.63) is 11.8 Å². The summed E-state index contributed by atoms with van der Waals surface area (Å²) in [4.78, 5) is 27.4. The Bertz CT molecular complexity index is 594. The zero-order valence-electron chi connectivity index (χ0n) is 14.0. The first-order valence-electron chi connectivity index (χ1n) is 8.58. The summed E-state index contributed by atoms with van der Waals surface area (Å²) in [5.41, 5.74) is 1.04. The number of H-pyrrole nitrogens is 1. The molecule has 24 heavy (non-hydrogen) atoms. The van der Waals surface area contributed by atoms with Crippen molar-refractivity contribution in [1.82, 2.24) is 20.4 Å². The normalized spacial score (nSPS) is 22.5. The number of likely N-dealkylation sites (tertiary alicyclic amines) is 1. The van der Waals surface area contributed by atoms with E-state index in [1.165, 1.54) is 0 Å². The minimum absolute atomic E-state index is 0.130. The second-order valence-electron chi connectivity index (χ2n) is 6.74. The van der Waals surface area contributed by atoms with E-state index in [9.17, 15) is 9.59 Å². The molecule has 2 saturated heterocycles. The summed E-state index contributed by atoms with van der Waals surface area (Å²) in [6.45, 7) is 4.64. The first-order chi connectivity index (χ1) is 11.5. The first-order valence-corrected chi connectivity index (χ1v) is 8.58. The molecule has 132 valence electrons. The Balaban J connectivity index is 1.47. The summed E-state index contributed by atoms with van der Waals surface area (Å²) >= 11 is 0. The van der Waals surface area contributed by atoms with E-state index < -0.39 is 11.9 Å². The van der Waals surface area contributed by atoms with Gasteiger partial charge in [0.2, 0.25) is 0 Å². The summed E-state index contributed by atoms with van der Waals surface area (Å²) in [6.07, 6.45) is 3.14. The second-order valence-corrected chi connectivity index (χ2v) is 6.74. The van der Waals surface area contributed by atoms with Gasteiger partial charge >= 0.3 is 12.0 Å². The molecule has 3 rings (SSSR count). The van der Waals surface area contributed by atoms with Gasteiger partial charge in [0.1, 0.15) is 0 Å². The number of aromatic nitrogens is 2. The Morgan fingerprint density at radius 2 is 2.04 bits per heavy atom. The van der Waals surface area contributed by atoms with Crippen LogP contribution in [-0.2, 0) is 4.79 Å². The average molecular weight is 335 g/mol. The minimum atomic E-state index is -0.810. The van der Waals surface area contributed by atoms with Crippen molar-refractivity contribution in [2.24, 2.45) is 5.92 Å². The molecule has 0 aromatic carbocycles. The number of anilines is 1. The fourth-order valence-corrected chi connectivity index (χ4v) is 3.45. The highest BCUT2D eigenvalue weighted by Crippen LogP contribution is 2.20. The number of hydrogen-bond donors (Lipinski definition) is 3. The van der Waals surface area contributed by atoms with Crippen LogP contribution in [0.3, 0.4) is 0 Å². The topological polar surface area (TPSA) is 102 Å². The van der Waals surface area contributed by atoms with Crippen LogP contribution < -0.4 is 10.2 Å². The smallest absolute Gasteiger partial charge is 0.317 e. The van der Waals surface area contributed by atoms with E-state index in [1.54, 1.807) is 4.90 Å². The zero-order chi connectivity index (χ0) is 17.1. The van der Waals surface area contributed by atoms with E-state index in [0.717, 1.165) is 43.9 Å². The molecule has 8 heteroatoms. The van der Waals surface area contributed by atoms with Crippen LogP contribution in [0.1, 0.15) is 31.4 Å². The van der Waals surface area contributed by atoms with Crippen molar-refractivity contribution in [2.45, 2.75) is 38.6 Å². The average Bonchev–Trinajstić information content (AvgIpc) is 3.02. The molecule has 0 spiro atoms. The highest BCUT2D eigenvalue weighted by molar-refractivity contribution is 5.76. The van der Waals surface area contributed by atoms with Crippen molar-refractivity contribution >= 4 is 17.8 Å². The van der Waals surface area contributed by atoms with Crippen LogP contribution in [0.4, 0.5) is 10.6 Å². The van der Waals surface area contributed by atoms with E-state index in [4.69, 9.17) is 5.11 Å². The van der Waals surface area contributed by atoms with E-state index in [2.05, 4.69) is 20.4 Å². The molecule has 1 unspecified atom stereocenters. The van der Waals surface area contributed by atoms with Crippen LogP contribution in [0.2, 0.25) is 0 Å². The number of carboxylic acids is 1. The lowest BCUT2D eigenvalue weighted by atomic mass is 9.98. The van der Waals surface area contributed by atoms with Crippen molar-refractivity contribution in [3.63, 3.8) is 0 Å². The highest BCUT2D eigenvalue weighted by Gasteiger charge is 2.30. The molecule has 1 atom stereocenters. The number of aromatic amines is 1. The van der Waals surface area contributed by atoms with Crippen LogP contribution in [0, 0.1) is 12.8 Å². The van der Waals surface area contributed by atoms with Crippen LogP contribution in [0.15, 0.2) is 6.07 Å². The maximum absolute atomic E-state index is 12.4. The van der Waals surface area contributed by atoms with Gasteiger partial charge in [0, 0.05) is 44.0 Å². The maximum Gasteiger partial charge on any atom is 0.317 e. The summed E-state index contributed by atoms with van der Waals surface area (Å²) in [5.74, 6) is -0.290. The van der Waals surface area contributed by atoms with Crippen LogP contribution >= 0.6 is 0 Å². The summed E-state index contributed by atoms with van der Waals surface area (Å²) in [7, 11) is 0. The third-order valence-electron chi connectivity index (χ3n) is 4.90. The minimum Gasteiger partial charge on any atom is -0.481 e. The molecule has 2 amide bonds. The summed E-state index contributed by atoms with van der Waals surface area (Å²) in [5, 5.41) is 19.4. The fourth-order valence-electron chi connectivity index (χ4n) is 3.45. The summed E-state index contributed by atoms with van der Waals surface area (Å²) in [6, 6.07) is 2.03. The molecular formula is C16H25N5O3. The third kappa shape index (κ3) is 3.80. The number of urea groups is 1. The second kappa shape index (κ2) is 7.11. The van der Waals surface area contributed by atoms with Crippen LogP contribution in [0.5, 0.6) is 0 Å². The van der Waals surface area contributed by atoms with E-state index in [1.807, 2.05) is 13.0 Å². The van der Waals surface area contributed by atoms with Gasteiger partial charge in [-0.05, 0) is 32.6 Å². The number of nitrogens with one attached hydrogen (secondary N) is 2. The molecule has 0 aliphatic carbocycles. The molecule has 2 aliphatic rings. The number of rotatable bonds is 3. The number of nitrogens with zero attached hydrogens (tertiary/aromatic N) is 3. The van der Waals surface area contributed by atoms with Crippen LogP contribution in [0.25, 0.3) is 0 Å². The van der Waals surface area contributed by atoms with Gasteiger partial charge in [-0.1, -0.05) is 0 Å². The SMILES string of the molecule is Cc1cc(N2CCC(NC(=O)N3CCCC(C(=O)O)C3)CC2)n[nH]1. The Kier molecular flexibility index (Phi) is 4.92. The van der Waals surface area contributed by atoms with E-state index in [-0.39, 0.29) is 12.1 Å². The molecule has 3 N–H and O–H groups in total. The monoisotopic (exact) mass is 335 g/mol. The Morgan fingerprint density at radius 3 is 2.67 bits per heavy atom. The largest absolute Gasteiger partial charge is 0.481 e. The first kappa shape index (κ1) is 16.6. The van der Waals surface area contributed by atoms with E-state index in [0.29, 0.717) is 19.5 Å². The number of carboxylic acid groups (broad SMARTS) is 1. The summed E-state index contributed by atoms with van der Waals surface area (Å²) < 4.78 is 0. The van der Waals surface area contributed by atoms with Gasteiger partial charge < -0.3 is 20.2 Å². The number of aryl methyl sites for hydroxylation is 1. The predicted octanol–water partition coefficient (Wildman–Crippen LogP) is 1.19. The lowest BCUT2D eigenvalue weighted by Crippen LogP contribution is -2.52. The molecule has 0 saturated carbocycles. The molecule has 0 radical (unpaired) electrons. The Hall–Kier alpha value is -2.25. The van der Waals surface area contributed by atoms with Gasteiger partial charge in [-0.15, -0.1) is 0 Å². The fraction of sp³-hybridized carbons (Fsp3) is 0.688. The number of carbonyl (C=O) groups is 2. The number of carbonyl (C=O) groups excluding carboxylic acids is 1. The van der Waals surface area contributed by atoms with Crippen molar-refractivity contribution < 1.29 is 14.7 Å². The van der Waals surface area contributed by atoms with Gasteiger partial charge in [-0.25, -0.2) is 4.79 Å². The third-order valence-corrected chi connectivity index (χ3v) is 4.90. The van der Waals surface area contributed by atoms with E-state index >= 15 is 0 Å². The van der Waals surface area contributed by atoms with Gasteiger partial charge in [0.15, 0.2) is 5.82 Å². The van der Waals surface area contributed by atoms with Gasteiger partial charge in [0.25, 0.3) is 0 Å². The van der Waals surface area contributed by atoms with Gasteiger partial charge in [-0.2, -0.15) is 5.10 Å². The van der Waals surface area contributed by atoms with Crippen LogP contribution in [-0.4, -0.2) is 64.4 Å². The molecular weight excluding hydrogens is 310 g/mol. The number of aliphatic carboxylic acids is 1. The molecule has 2 aliphatic heterocycles. The van der Waals surface area contributed by atoms with Crippen molar-refractivity contribution in [1.29, 1.82) is 0 Å². The van der Waals surface area contributed by atoms with Gasteiger partial charge in [0.05, 0.1) is 5.92 Å². The molecule has 3 heterocycles.